The van der Waals surface area contributed by atoms with Crippen molar-refractivity contribution in [3.63, 3.8) is 0 Å². The number of hydrogen-bond acceptors (Lipinski definition) is 4. The molecule has 6 heteroatoms. The number of piperazine rings is 1. The van der Waals surface area contributed by atoms with Crippen molar-refractivity contribution in [2.45, 2.75) is 19.4 Å². The second-order valence-corrected chi connectivity index (χ2v) is 5.49. The van der Waals surface area contributed by atoms with Crippen LogP contribution in [0.1, 0.15) is 12.5 Å². The minimum absolute atomic E-state index is 0.0506. The molecule has 0 aromatic heterocycles. The van der Waals surface area contributed by atoms with Crippen molar-refractivity contribution in [2.24, 2.45) is 5.73 Å². The van der Waals surface area contributed by atoms with Crippen molar-refractivity contribution in [2.75, 3.05) is 33.3 Å². The first-order chi connectivity index (χ1) is 10.5. The summed E-state index contributed by atoms with van der Waals surface area (Å²) in [6.45, 7) is 3.81. The van der Waals surface area contributed by atoms with Gasteiger partial charge in [0.15, 0.2) is 0 Å². The smallest absolute Gasteiger partial charge is 0.239 e. The van der Waals surface area contributed by atoms with Gasteiger partial charge in [0.25, 0.3) is 0 Å². The summed E-state index contributed by atoms with van der Waals surface area (Å²) in [5.74, 6) is 0.776. The maximum absolute atomic E-state index is 12.4. The van der Waals surface area contributed by atoms with Crippen molar-refractivity contribution >= 4 is 11.8 Å². The first-order valence-corrected chi connectivity index (χ1v) is 7.44. The second kappa shape index (κ2) is 7.26. The molecule has 0 saturated carbocycles. The van der Waals surface area contributed by atoms with Crippen molar-refractivity contribution in [1.29, 1.82) is 0 Å². The minimum Gasteiger partial charge on any atom is -0.497 e. The first-order valence-electron chi connectivity index (χ1n) is 7.44. The Morgan fingerprint density at radius 1 is 1.14 bits per heavy atom. The van der Waals surface area contributed by atoms with Crippen LogP contribution in [0.25, 0.3) is 0 Å². The molecule has 0 bridgehead atoms. The summed E-state index contributed by atoms with van der Waals surface area (Å²) >= 11 is 0. The zero-order valence-electron chi connectivity index (χ0n) is 13.1. The Morgan fingerprint density at radius 2 is 1.68 bits per heavy atom. The topological polar surface area (TPSA) is 75.9 Å². The number of nitrogens with zero attached hydrogens (tertiary/aromatic N) is 2. The van der Waals surface area contributed by atoms with Gasteiger partial charge in [0.1, 0.15) is 5.75 Å². The van der Waals surface area contributed by atoms with Crippen LogP contribution in [0.2, 0.25) is 0 Å². The Balaban J connectivity index is 1.88. The Labute approximate surface area is 130 Å². The maximum atomic E-state index is 12.4. The molecular formula is C16H23N3O3. The SMILES string of the molecule is COc1ccc(C[C@H](N)C(=O)N2CCN(C(C)=O)CC2)cc1. The highest BCUT2D eigenvalue weighted by atomic mass is 16.5. The van der Waals surface area contributed by atoms with Gasteiger partial charge in [-0.1, -0.05) is 12.1 Å². The van der Waals surface area contributed by atoms with E-state index in [0.29, 0.717) is 32.6 Å². The number of amides is 2. The highest BCUT2D eigenvalue weighted by Crippen LogP contribution is 2.13. The van der Waals surface area contributed by atoms with Crippen LogP contribution in [0, 0.1) is 0 Å². The number of rotatable bonds is 4. The summed E-state index contributed by atoms with van der Waals surface area (Å²) in [4.78, 5) is 27.2. The lowest BCUT2D eigenvalue weighted by atomic mass is 10.0. The number of carbonyl (C=O) groups excluding carboxylic acids is 2. The average Bonchev–Trinajstić information content (AvgIpc) is 2.55. The molecule has 1 aromatic carbocycles. The number of carbonyl (C=O) groups is 2. The Kier molecular flexibility index (Phi) is 5.38. The quantitative estimate of drug-likeness (QED) is 0.865. The van der Waals surface area contributed by atoms with Gasteiger partial charge >= 0.3 is 0 Å². The largest absolute Gasteiger partial charge is 0.497 e. The van der Waals surface area contributed by atoms with Gasteiger partial charge in [-0.25, -0.2) is 0 Å². The molecule has 1 saturated heterocycles. The molecule has 120 valence electrons. The van der Waals surface area contributed by atoms with Crippen molar-refractivity contribution in [3.8, 4) is 5.75 Å². The highest BCUT2D eigenvalue weighted by Gasteiger charge is 2.26. The molecule has 1 aliphatic heterocycles. The molecule has 1 atom stereocenters. The lowest BCUT2D eigenvalue weighted by molar-refractivity contribution is -0.139. The predicted octanol–water partition coefficient (Wildman–Crippen LogP) is 0.256. The molecule has 2 N–H and O–H groups in total. The van der Waals surface area contributed by atoms with Gasteiger partial charge in [0.2, 0.25) is 11.8 Å². The number of methoxy groups -OCH3 is 1. The zero-order valence-corrected chi connectivity index (χ0v) is 13.1. The van der Waals surface area contributed by atoms with Gasteiger partial charge in [-0.2, -0.15) is 0 Å². The Morgan fingerprint density at radius 3 is 2.18 bits per heavy atom. The normalized spacial score (nSPS) is 16.3. The van der Waals surface area contributed by atoms with Gasteiger partial charge in [-0.05, 0) is 24.1 Å². The van der Waals surface area contributed by atoms with Crippen molar-refractivity contribution in [1.82, 2.24) is 9.80 Å². The monoisotopic (exact) mass is 305 g/mol. The van der Waals surface area contributed by atoms with Crippen LogP contribution in [0.15, 0.2) is 24.3 Å². The fourth-order valence-corrected chi connectivity index (χ4v) is 2.58. The molecule has 1 heterocycles. The molecule has 1 aromatic rings. The molecule has 2 rings (SSSR count). The van der Waals surface area contributed by atoms with E-state index in [1.165, 1.54) is 0 Å². The highest BCUT2D eigenvalue weighted by molar-refractivity contribution is 5.82. The van der Waals surface area contributed by atoms with E-state index in [1.807, 2.05) is 24.3 Å². The van der Waals surface area contributed by atoms with E-state index in [4.69, 9.17) is 10.5 Å². The average molecular weight is 305 g/mol. The Bertz CT molecular complexity index is 522. The molecule has 2 amide bonds. The van der Waals surface area contributed by atoms with Crippen molar-refractivity contribution in [3.05, 3.63) is 29.8 Å². The maximum Gasteiger partial charge on any atom is 0.239 e. The summed E-state index contributed by atoms with van der Waals surface area (Å²) in [7, 11) is 1.62. The van der Waals surface area contributed by atoms with Crippen LogP contribution >= 0.6 is 0 Å². The fraction of sp³-hybridized carbons (Fsp3) is 0.500. The zero-order chi connectivity index (χ0) is 16.1. The van der Waals surface area contributed by atoms with Gasteiger partial charge in [0.05, 0.1) is 13.2 Å². The number of ether oxygens (including phenoxy) is 1. The lowest BCUT2D eigenvalue weighted by Gasteiger charge is -2.35. The van der Waals surface area contributed by atoms with Crippen molar-refractivity contribution < 1.29 is 14.3 Å². The molecule has 0 aliphatic carbocycles. The molecule has 6 nitrogen and oxygen atoms in total. The second-order valence-electron chi connectivity index (χ2n) is 5.49. The third kappa shape index (κ3) is 3.98. The first kappa shape index (κ1) is 16.3. The van der Waals surface area contributed by atoms with Crippen LogP contribution in [0.5, 0.6) is 5.75 Å². The van der Waals surface area contributed by atoms with Crippen LogP contribution in [0.4, 0.5) is 0 Å². The number of hydrogen-bond donors (Lipinski definition) is 1. The van der Waals surface area contributed by atoms with E-state index < -0.39 is 6.04 Å². The summed E-state index contributed by atoms with van der Waals surface area (Å²) < 4.78 is 5.11. The molecule has 0 unspecified atom stereocenters. The standard InChI is InChI=1S/C16H23N3O3/c1-12(20)18-7-9-19(10-8-18)16(21)15(17)11-13-3-5-14(22-2)6-4-13/h3-6,15H,7-11,17H2,1-2H3/t15-/m0/s1. The van der Waals surface area contributed by atoms with E-state index >= 15 is 0 Å². The molecule has 1 fully saturated rings. The summed E-state index contributed by atoms with van der Waals surface area (Å²) in [5.41, 5.74) is 7.05. The van der Waals surface area contributed by atoms with Gasteiger partial charge in [-0.3, -0.25) is 9.59 Å². The summed E-state index contributed by atoms with van der Waals surface area (Å²) in [5, 5.41) is 0. The van der Waals surface area contributed by atoms with Gasteiger partial charge in [-0.15, -0.1) is 0 Å². The molecule has 22 heavy (non-hydrogen) atoms. The lowest BCUT2D eigenvalue weighted by Crippen LogP contribution is -2.54. The van der Waals surface area contributed by atoms with Gasteiger partial charge < -0.3 is 20.3 Å². The molecule has 0 spiro atoms. The van der Waals surface area contributed by atoms with E-state index in [-0.39, 0.29) is 11.8 Å². The van der Waals surface area contributed by atoms with E-state index in [9.17, 15) is 9.59 Å². The third-order valence-electron chi connectivity index (χ3n) is 3.97. The van der Waals surface area contributed by atoms with E-state index in [2.05, 4.69) is 0 Å². The Hall–Kier alpha value is -2.08. The van der Waals surface area contributed by atoms with E-state index in [1.54, 1.807) is 23.8 Å². The summed E-state index contributed by atoms with van der Waals surface area (Å²) in [6.07, 6.45) is 0.496. The van der Waals surface area contributed by atoms with Crippen LogP contribution in [-0.4, -0.2) is 60.9 Å². The van der Waals surface area contributed by atoms with Gasteiger partial charge in [0, 0.05) is 33.1 Å². The molecule has 0 radical (unpaired) electrons. The number of nitrogens with two attached hydrogens (primary N) is 1. The van der Waals surface area contributed by atoms with Crippen LogP contribution in [-0.2, 0) is 16.0 Å². The fourth-order valence-electron chi connectivity index (χ4n) is 2.58. The summed E-state index contributed by atoms with van der Waals surface area (Å²) in [6, 6.07) is 6.99. The molecular weight excluding hydrogens is 282 g/mol. The van der Waals surface area contributed by atoms with Crippen LogP contribution < -0.4 is 10.5 Å². The number of benzene rings is 1. The minimum atomic E-state index is -0.558. The van der Waals surface area contributed by atoms with E-state index in [0.717, 1.165) is 11.3 Å². The van der Waals surface area contributed by atoms with Crippen LogP contribution in [0.3, 0.4) is 0 Å². The molecule has 1 aliphatic rings. The predicted molar refractivity (Wildman–Crippen MR) is 83.5 cm³/mol. The third-order valence-corrected chi connectivity index (χ3v) is 3.97.